The number of hydrogen-bond acceptors (Lipinski definition) is 7. The lowest BCUT2D eigenvalue weighted by molar-refractivity contribution is -0.122. The highest BCUT2D eigenvalue weighted by molar-refractivity contribution is 7.07. The zero-order valence-electron chi connectivity index (χ0n) is 13.9. The molecule has 9 heteroatoms. The summed E-state index contributed by atoms with van der Waals surface area (Å²) in [5.41, 5.74) is 1.10. The number of carbonyl (C=O) groups is 1. The van der Waals surface area contributed by atoms with E-state index in [9.17, 15) is 4.79 Å². The lowest BCUT2D eigenvalue weighted by Crippen LogP contribution is -2.45. The summed E-state index contributed by atoms with van der Waals surface area (Å²) in [4.78, 5) is 14.4. The highest BCUT2D eigenvalue weighted by Crippen LogP contribution is 2.13. The Hall–Kier alpha value is -1.84. The third kappa shape index (κ3) is 4.59. The number of ether oxygens (including phenoxy) is 1. The van der Waals surface area contributed by atoms with Crippen molar-refractivity contribution in [3.8, 4) is 0 Å². The van der Waals surface area contributed by atoms with Crippen LogP contribution < -0.4 is 5.32 Å². The molecule has 2 atom stereocenters. The molecule has 1 aliphatic heterocycles. The largest absolute Gasteiger partial charge is 0.373 e. The maximum atomic E-state index is 12.1. The van der Waals surface area contributed by atoms with Crippen molar-refractivity contribution >= 4 is 17.2 Å². The number of morpholine rings is 1. The summed E-state index contributed by atoms with van der Waals surface area (Å²) in [6.07, 6.45) is 0.374. The Balaban J connectivity index is 1.53. The fraction of sp³-hybridized carbons (Fsp3) is 0.600. The summed E-state index contributed by atoms with van der Waals surface area (Å²) >= 11 is 1.61. The van der Waals surface area contributed by atoms with Crippen LogP contribution in [0.15, 0.2) is 16.8 Å². The Bertz CT molecular complexity index is 649. The molecule has 1 fully saturated rings. The van der Waals surface area contributed by atoms with Crippen molar-refractivity contribution in [1.29, 1.82) is 0 Å². The molecule has 2 aromatic heterocycles. The second kappa shape index (κ2) is 7.82. The minimum atomic E-state index is -0.0986. The van der Waals surface area contributed by atoms with Crippen molar-refractivity contribution < 1.29 is 9.53 Å². The molecule has 2 aromatic rings. The highest BCUT2D eigenvalue weighted by Gasteiger charge is 2.24. The van der Waals surface area contributed by atoms with E-state index >= 15 is 0 Å². The van der Waals surface area contributed by atoms with Crippen molar-refractivity contribution in [2.45, 2.75) is 45.7 Å². The second-order valence-corrected chi connectivity index (χ2v) is 6.89. The van der Waals surface area contributed by atoms with E-state index in [1.54, 1.807) is 16.0 Å². The number of carbonyl (C=O) groups excluding carboxylic acids is 1. The van der Waals surface area contributed by atoms with Gasteiger partial charge in [-0.2, -0.15) is 11.3 Å². The molecule has 0 spiro atoms. The van der Waals surface area contributed by atoms with Crippen LogP contribution in [0.5, 0.6) is 0 Å². The molecule has 3 heterocycles. The van der Waals surface area contributed by atoms with Gasteiger partial charge < -0.3 is 10.1 Å². The maximum absolute atomic E-state index is 12.1. The summed E-state index contributed by atoms with van der Waals surface area (Å²) < 4.78 is 7.30. The van der Waals surface area contributed by atoms with Crippen LogP contribution in [0.2, 0.25) is 0 Å². The summed E-state index contributed by atoms with van der Waals surface area (Å²) in [5.74, 6) is 0.598. The second-order valence-electron chi connectivity index (χ2n) is 6.11. The molecular weight excluding hydrogens is 328 g/mol. The third-order valence-corrected chi connectivity index (χ3v) is 4.56. The van der Waals surface area contributed by atoms with Gasteiger partial charge in [0.2, 0.25) is 5.91 Å². The van der Waals surface area contributed by atoms with Crippen LogP contribution in [0.3, 0.4) is 0 Å². The Kier molecular flexibility index (Phi) is 5.54. The molecule has 1 amide bonds. The van der Waals surface area contributed by atoms with Crippen molar-refractivity contribution in [2.24, 2.45) is 0 Å². The number of thiophene rings is 1. The van der Waals surface area contributed by atoms with E-state index in [0.29, 0.717) is 18.9 Å². The quantitative estimate of drug-likeness (QED) is 0.824. The van der Waals surface area contributed by atoms with E-state index in [4.69, 9.17) is 4.74 Å². The number of nitrogens with zero attached hydrogens (tertiary/aromatic N) is 5. The third-order valence-electron chi connectivity index (χ3n) is 3.83. The van der Waals surface area contributed by atoms with E-state index in [1.807, 2.05) is 16.8 Å². The number of hydrogen-bond donors (Lipinski definition) is 1. The topological polar surface area (TPSA) is 85.2 Å². The number of tetrazole rings is 1. The molecule has 24 heavy (non-hydrogen) atoms. The minimum absolute atomic E-state index is 0.0986. The van der Waals surface area contributed by atoms with Gasteiger partial charge in [0.1, 0.15) is 6.54 Å². The van der Waals surface area contributed by atoms with Crippen molar-refractivity contribution in [3.05, 3.63) is 28.2 Å². The highest BCUT2D eigenvalue weighted by atomic mass is 32.1. The molecule has 130 valence electrons. The average molecular weight is 350 g/mol. The zero-order valence-corrected chi connectivity index (χ0v) is 14.7. The lowest BCUT2D eigenvalue weighted by atomic mass is 10.2. The van der Waals surface area contributed by atoms with Crippen LogP contribution in [-0.4, -0.2) is 56.3 Å². The molecule has 1 aliphatic rings. The predicted octanol–water partition coefficient (Wildman–Crippen LogP) is 0.660. The van der Waals surface area contributed by atoms with Gasteiger partial charge in [-0.05, 0) is 46.7 Å². The Morgan fingerprint density at radius 2 is 2.21 bits per heavy atom. The predicted molar refractivity (Wildman–Crippen MR) is 89.3 cm³/mol. The monoisotopic (exact) mass is 350 g/mol. The normalized spacial score (nSPS) is 21.8. The summed E-state index contributed by atoms with van der Waals surface area (Å²) in [7, 11) is 0. The summed E-state index contributed by atoms with van der Waals surface area (Å²) in [6, 6.07) is 1.99. The van der Waals surface area contributed by atoms with Gasteiger partial charge >= 0.3 is 0 Å². The van der Waals surface area contributed by atoms with Crippen molar-refractivity contribution in [1.82, 2.24) is 30.4 Å². The number of rotatable bonds is 6. The lowest BCUT2D eigenvalue weighted by Gasteiger charge is -2.34. The summed E-state index contributed by atoms with van der Waals surface area (Å²) in [5, 5.41) is 18.6. The minimum Gasteiger partial charge on any atom is -0.373 e. The molecule has 0 bridgehead atoms. The SMILES string of the molecule is C[C@@H]1CN(Cc2nnnn2CC(=O)NCc2ccsc2)C[C@H](C)O1. The molecule has 8 nitrogen and oxygen atoms in total. The van der Waals surface area contributed by atoms with Gasteiger partial charge in [-0.1, -0.05) is 0 Å². The smallest absolute Gasteiger partial charge is 0.242 e. The first kappa shape index (κ1) is 17.0. The average Bonchev–Trinajstić information content (AvgIpc) is 3.17. The van der Waals surface area contributed by atoms with Crippen LogP contribution in [0.1, 0.15) is 25.2 Å². The Morgan fingerprint density at radius 3 is 2.92 bits per heavy atom. The molecule has 1 N–H and O–H groups in total. The fourth-order valence-corrected chi connectivity index (χ4v) is 3.53. The van der Waals surface area contributed by atoms with Crippen molar-refractivity contribution in [3.63, 3.8) is 0 Å². The molecule has 0 unspecified atom stereocenters. The van der Waals surface area contributed by atoms with Crippen molar-refractivity contribution in [2.75, 3.05) is 13.1 Å². The molecule has 0 radical (unpaired) electrons. The molecular formula is C15H22N6O2S. The van der Waals surface area contributed by atoms with Gasteiger partial charge in [0.05, 0.1) is 18.8 Å². The first-order chi connectivity index (χ1) is 11.6. The molecule has 3 rings (SSSR count). The standard InChI is InChI=1S/C15H22N6O2S/c1-11-6-20(7-12(2)23-11)8-14-17-18-19-21(14)9-15(22)16-5-13-3-4-24-10-13/h3-4,10-12H,5-9H2,1-2H3,(H,16,22)/t11-,12+. The molecule has 0 aliphatic carbocycles. The fourth-order valence-electron chi connectivity index (χ4n) is 2.86. The van der Waals surface area contributed by atoms with E-state index in [1.165, 1.54) is 0 Å². The van der Waals surface area contributed by atoms with Gasteiger partial charge in [-0.3, -0.25) is 9.69 Å². The van der Waals surface area contributed by atoms with Crippen LogP contribution in [0.4, 0.5) is 0 Å². The molecule has 1 saturated heterocycles. The van der Waals surface area contributed by atoms with E-state index in [0.717, 1.165) is 18.7 Å². The van der Waals surface area contributed by atoms with E-state index in [2.05, 4.69) is 39.6 Å². The van der Waals surface area contributed by atoms with Gasteiger partial charge in [-0.25, -0.2) is 4.68 Å². The van der Waals surface area contributed by atoms with Gasteiger partial charge in [0, 0.05) is 19.6 Å². The Morgan fingerprint density at radius 1 is 1.42 bits per heavy atom. The molecule has 0 aromatic carbocycles. The number of aromatic nitrogens is 4. The van der Waals surface area contributed by atoms with Gasteiger partial charge in [-0.15, -0.1) is 5.10 Å². The van der Waals surface area contributed by atoms with Gasteiger partial charge in [0.25, 0.3) is 0 Å². The number of amides is 1. The number of nitrogens with one attached hydrogen (secondary N) is 1. The van der Waals surface area contributed by atoms with Crippen LogP contribution >= 0.6 is 11.3 Å². The van der Waals surface area contributed by atoms with Crippen LogP contribution in [0.25, 0.3) is 0 Å². The first-order valence-electron chi connectivity index (χ1n) is 8.01. The van der Waals surface area contributed by atoms with E-state index < -0.39 is 0 Å². The summed E-state index contributed by atoms with van der Waals surface area (Å²) in [6.45, 7) is 7.05. The van der Waals surface area contributed by atoms with Crippen LogP contribution in [-0.2, 0) is 29.2 Å². The molecule has 0 saturated carbocycles. The Labute approximate surface area is 144 Å². The van der Waals surface area contributed by atoms with E-state index in [-0.39, 0.29) is 24.7 Å². The first-order valence-corrected chi connectivity index (χ1v) is 8.95. The van der Waals surface area contributed by atoms with Crippen LogP contribution in [0, 0.1) is 0 Å². The zero-order chi connectivity index (χ0) is 16.9. The maximum Gasteiger partial charge on any atom is 0.242 e. The van der Waals surface area contributed by atoms with Gasteiger partial charge in [0.15, 0.2) is 5.82 Å².